The van der Waals surface area contributed by atoms with Gasteiger partial charge < -0.3 is 5.11 Å². The Morgan fingerprint density at radius 2 is 2.04 bits per heavy atom. The largest absolute Gasteiger partial charge is 0.508 e. The topological polar surface area (TPSA) is 23.5 Å². The fourth-order valence-corrected chi connectivity index (χ4v) is 6.40. The van der Waals surface area contributed by atoms with Gasteiger partial charge in [0.05, 0.1) is 0 Å². The molecule has 2 heteroatoms. The molecule has 2 bridgehead atoms. The summed E-state index contributed by atoms with van der Waals surface area (Å²) in [6, 6.07) is 6.97. The Labute approximate surface area is 153 Å². The Balaban J connectivity index is 1.62. The molecule has 0 spiro atoms. The fraction of sp³-hybridized carbons (Fsp3) is 0.739. The molecule has 4 rings (SSSR count). The maximum Gasteiger partial charge on any atom is 0.115 e. The highest BCUT2D eigenvalue weighted by molar-refractivity contribution is 5.45. The van der Waals surface area contributed by atoms with Crippen molar-refractivity contribution in [1.82, 2.24) is 4.90 Å². The highest BCUT2D eigenvalue weighted by Crippen LogP contribution is 2.56. The molecule has 1 saturated carbocycles. The number of aromatic hydroxyl groups is 1. The quantitative estimate of drug-likeness (QED) is 0.788. The third-order valence-corrected chi connectivity index (χ3v) is 7.91. The zero-order valence-corrected chi connectivity index (χ0v) is 16.1. The van der Waals surface area contributed by atoms with Crippen LogP contribution in [0.4, 0.5) is 0 Å². The van der Waals surface area contributed by atoms with Crippen LogP contribution >= 0.6 is 0 Å². The van der Waals surface area contributed by atoms with Crippen molar-refractivity contribution in [3.63, 3.8) is 0 Å². The summed E-state index contributed by atoms with van der Waals surface area (Å²) in [4.78, 5) is 2.85. The highest BCUT2D eigenvalue weighted by Gasteiger charge is 2.53. The number of piperidine rings is 1. The number of phenols is 1. The number of phenolic OH excluding ortho intramolecular Hbond substituents is 1. The van der Waals surface area contributed by atoms with Gasteiger partial charge in [-0.1, -0.05) is 45.6 Å². The van der Waals surface area contributed by atoms with E-state index in [2.05, 4.69) is 30.9 Å². The Kier molecular flexibility index (Phi) is 4.83. The van der Waals surface area contributed by atoms with Gasteiger partial charge in [0.25, 0.3) is 0 Å². The van der Waals surface area contributed by atoms with E-state index in [4.69, 9.17) is 0 Å². The summed E-state index contributed by atoms with van der Waals surface area (Å²) in [6.45, 7) is 7.24. The molecule has 0 aromatic heterocycles. The number of likely N-dealkylation sites (tertiary alicyclic amines) is 1. The van der Waals surface area contributed by atoms with Crippen molar-refractivity contribution in [2.24, 2.45) is 11.8 Å². The number of hydrogen-bond donors (Lipinski definition) is 1. The lowest BCUT2D eigenvalue weighted by Crippen LogP contribution is -2.61. The second-order valence-electron chi connectivity index (χ2n) is 8.88. The molecule has 2 nitrogen and oxygen atoms in total. The first-order valence-corrected chi connectivity index (χ1v) is 10.7. The number of fused-ring (bicyclic) bond motifs is 1. The predicted molar refractivity (Wildman–Crippen MR) is 104 cm³/mol. The van der Waals surface area contributed by atoms with Crippen molar-refractivity contribution in [1.29, 1.82) is 0 Å². The van der Waals surface area contributed by atoms with Gasteiger partial charge in [-0.05, 0) is 80.3 Å². The number of hydrogen-bond acceptors (Lipinski definition) is 2. The summed E-state index contributed by atoms with van der Waals surface area (Å²) in [5, 5.41) is 10.1. The van der Waals surface area contributed by atoms with E-state index in [1.807, 2.05) is 6.07 Å². The summed E-state index contributed by atoms with van der Waals surface area (Å²) in [7, 11) is 0. The first-order chi connectivity index (χ1) is 12.2. The van der Waals surface area contributed by atoms with Gasteiger partial charge in [-0.25, -0.2) is 0 Å². The van der Waals surface area contributed by atoms with Crippen LogP contribution in [0.15, 0.2) is 18.2 Å². The number of nitrogens with zero attached hydrogens (tertiary/aromatic N) is 1. The Hall–Kier alpha value is -1.02. The zero-order chi connectivity index (χ0) is 17.4. The van der Waals surface area contributed by atoms with Gasteiger partial charge in [-0.2, -0.15) is 0 Å². The second-order valence-corrected chi connectivity index (χ2v) is 8.88. The van der Waals surface area contributed by atoms with Crippen LogP contribution in [0, 0.1) is 11.8 Å². The fourth-order valence-electron chi connectivity index (χ4n) is 6.40. The lowest BCUT2D eigenvalue weighted by Gasteiger charge is -2.59. The number of benzene rings is 1. The van der Waals surface area contributed by atoms with Crippen molar-refractivity contribution in [2.45, 2.75) is 83.1 Å². The molecule has 2 fully saturated rings. The summed E-state index contributed by atoms with van der Waals surface area (Å²) < 4.78 is 0. The van der Waals surface area contributed by atoms with Crippen molar-refractivity contribution < 1.29 is 5.11 Å². The molecule has 3 atom stereocenters. The van der Waals surface area contributed by atoms with Crippen molar-refractivity contribution in [3.05, 3.63) is 29.3 Å². The van der Waals surface area contributed by atoms with Gasteiger partial charge in [-0.15, -0.1) is 0 Å². The molecular weight excluding hydrogens is 306 g/mol. The van der Waals surface area contributed by atoms with E-state index in [1.165, 1.54) is 82.0 Å². The minimum atomic E-state index is 0.362. The Bertz CT molecular complexity index is 608. The standard InChI is InChI=1S/C23H35NO/c1-3-17(4-2)10-13-24-14-12-23-11-6-5-7-20(23)22(24)15-18-8-9-19(25)16-21(18)23/h8-9,16-17,20,22,25H,3-7,10-15H2,1-2H3/t20-,22-,23-/m0/s1. The average molecular weight is 342 g/mol. The normalized spacial score (nSPS) is 31.6. The molecule has 138 valence electrons. The van der Waals surface area contributed by atoms with Crippen LogP contribution in [0.2, 0.25) is 0 Å². The van der Waals surface area contributed by atoms with Crippen molar-refractivity contribution >= 4 is 0 Å². The molecule has 0 unspecified atom stereocenters. The van der Waals surface area contributed by atoms with Crippen LogP contribution in [0.5, 0.6) is 5.75 Å². The van der Waals surface area contributed by atoms with E-state index in [0.29, 0.717) is 11.2 Å². The molecule has 1 heterocycles. The molecule has 1 aromatic rings. The van der Waals surface area contributed by atoms with E-state index in [0.717, 1.165) is 17.9 Å². The van der Waals surface area contributed by atoms with Crippen LogP contribution in [0.25, 0.3) is 0 Å². The van der Waals surface area contributed by atoms with Gasteiger partial charge in [0.2, 0.25) is 0 Å². The second kappa shape index (κ2) is 6.95. The van der Waals surface area contributed by atoms with E-state index >= 15 is 0 Å². The van der Waals surface area contributed by atoms with Gasteiger partial charge in [0, 0.05) is 11.5 Å². The molecule has 25 heavy (non-hydrogen) atoms. The summed E-state index contributed by atoms with van der Waals surface area (Å²) in [6.07, 6.45) is 12.0. The van der Waals surface area contributed by atoms with E-state index in [1.54, 1.807) is 0 Å². The molecular formula is C23H35NO. The van der Waals surface area contributed by atoms with Gasteiger partial charge in [-0.3, -0.25) is 4.90 Å². The van der Waals surface area contributed by atoms with Gasteiger partial charge >= 0.3 is 0 Å². The molecule has 1 aliphatic heterocycles. The molecule has 0 amide bonds. The Morgan fingerprint density at radius 3 is 2.84 bits per heavy atom. The Morgan fingerprint density at radius 1 is 1.20 bits per heavy atom. The first-order valence-electron chi connectivity index (χ1n) is 10.7. The van der Waals surface area contributed by atoms with Crippen LogP contribution in [0.1, 0.15) is 76.3 Å². The van der Waals surface area contributed by atoms with Gasteiger partial charge in [0.15, 0.2) is 0 Å². The third kappa shape index (κ3) is 2.91. The highest BCUT2D eigenvalue weighted by atomic mass is 16.3. The van der Waals surface area contributed by atoms with Gasteiger partial charge in [0.1, 0.15) is 5.75 Å². The molecule has 1 saturated heterocycles. The first kappa shape index (κ1) is 17.4. The van der Waals surface area contributed by atoms with Crippen LogP contribution in [-0.2, 0) is 11.8 Å². The predicted octanol–water partition coefficient (Wildman–Crippen LogP) is 5.28. The van der Waals surface area contributed by atoms with Crippen LogP contribution < -0.4 is 0 Å². The lowest BCUT2D eigenvalue weighted by atomic mass is 9.52. The van der Waals surface area contributed by atoms with E-state index in [9.17, 15) is 5.11 Å². The molecule has 1 aromatic carbocycles. The SMILES string of the molecule is CCC(CC)CCN1CC[C@@]23CCCC[C@H]2[C@@H]1Cc1ccc(O)cc13. The lowest BCUT2D eigenvalue weighted by molar-refractivity contribution is -0.0137. The van der Waals surface area contributed by atoms with Crippen molar-refractivity contribution in [2.75, 3.05) is 13.1 Å². The monoisotopic (exact) mass is 341 g/mol. The number of rotatable bonds is 5. The van der Waals surface area contributed by atoms with Crippen LogP contribution in [0.3, 0.4) is 0 Å². The minimum Gasteiger partial charge on any atom is -0.508 e. The maximum atomic E-state index is 10.1. The molecule has 3 aliphatic rings. The third-order valence-electron chi connectivity index (χ3n) is 7.91. The zero-order valence-electron chi connectivity index (χ0n) is 16.1. The summed E-state index contributed by atoms with van der Waals surface area (Å²) >= 11 is 0. The molecule has 2 aliphatic carbocycles. The summed E-state index contributed by atoms with van der Waals surface area (Å²) in [5.74, 6) is 2.17. The molecule has 0 radical (unpaired) electrons. The average Bonchev–Trinajstić information content (AvgIpc) is 2.64. The maximum absolute atomic E-state index is 10.1. The minimum absolute atomic E-state index is 0.362. The molecule has 1 N–H and O–H groups in total. The summed E-state index contributed by atoms with van der Waals surface area (Å²) in [5.41, 5.74) is 3.39. The van der Waals surface area contributed by atoms with Crippen molar-refractivity contribution in [3.8, 4) is 5.75 Å². The smallest absolute Gasteiger partial charge is 0.115 e. The van der Waals surface area contributed by atoms with E-state index < -0.39 is 0 Å². The van der Waals surface area contributed by atoms with Crippen LogP contribution in [-0.4, -0.2) is 29.1 Å². The van der Waals surface area contributed by atoms with E-state index in [-0.39, 0.29) is 0 Å².